The number of hydrogen-bond donors (Lipinski definition) is 0. The van der Waals surface area contributed by atoms with Crippen molar-refractivity contribution in [2.45, 2.75) is 20.3 Å². The molecule has 0 aliphatic heterocycles. The number of rotatable bonds is 3. The Kier molecular flexibility index (Phi) is 8.01. The van der Waals surface area contributed by atoms with Gasteiger partial charge in [0.1, 0.15) is 9.84 Å². The number of sulfone groups is 1. The molecule has 0 aliphatic rings. The van der Waals surface area contributed by atoms with Crippen LogP contribution >= 0.6 is 23.2 Å². The van der Waals surface area contributed by atoms with Crippen molar-refractivity contribution in [1.82, 2.24) is 0 Å². The number of halogens is 2. The third-order valence-corrected chi connectivity index (χ3v) is 4.65. The van der Waals surface area contributed by atoms with E-state index in [9.17, 15) is 8.42 Å². The second-order valence-electron chi connectivity index (χ2n) is 3.40. The van der Waals surface area contributed by atoms with E-state index < -0.39 is 9.84 Å². The molecule has 0 saturated carbocycles. The van der Waals surface area contributed by atoms with Crippen molar-refractivity contribution in [3.8, 4) is 6.07 Å². The highest BCUT2D eigenvalue weighted by atomic mass is 35.5. The normalized spacial score (nSPS) is 10.2. The summed E-state index contributed by atoms with van der Waals surface area (Å²) >= 11 is 11.4. The Balaban J connectivity index is 0.000000360. The first-order valence-electron chi connectivity index (χ1n) is 5.37. The van der Waals surface area contributed by atoms with Crippen LogP contribution in [0.25, 0.3) is 0 Å². The van der Waals surface area contributed by atoms with E-state index in [1.807, 2.05) is 6.07 Å². The molecule has 1 aromatic carbocycles. The third-order valence-electron chi connectivity index (χ3n) is 2.15. The van der Waals surface area contributed by atoms with Crippen LogP contribution in [0.2, 0.25) is 10.0 Å². The maximum atomic E-state index is 10.4. The van der Waals surface area contributed by atoms with Crippen molar-refractivity contribution in [3.05, 3.63) is 33.8 Å². The van der Waals surface area contributed by atoms with Gasteiger partial charge in [0.25, 0.3) is 0 Å². The summed E-state index contributed by atoms with van der Waals surface area (Å²) in [6, 6.07) is 7.21. The summed E-state index contributed by atoms with van der Waals surface area (Å²) in [6.45, 7) is 3.30. The van der Waals surface area contributed by atoms with Crippen LogP contribution in [0.15, 0.2) is 18.2 Å². The number of hydrogen-bond acceptors (Lipinski definition) is 3. The van der Waals surface area contributed by atoms with Crippen LogP contribution in [0.3, 0.4) is 0 Å². The largest absolute Gasteiger partial charge is 0.229 e. The predicted molar refractivity (Wildman–Crippen MR) is 75.8 cm³/mol. The minimum atomic E-state index is -2.66. The van der Waals surface area contributed by atoms with Gasteiger partial charge in [0, 0.05) is 11.5 Å². The van der Waals surface area contributed by atoms with Gasteiger partial charge in [0.15, 0.2) is 0 Å². The maximum absolute atomic E-state index is 10.4. The summed E-state index contributed by atoms with van der Waals surface area (Å²) < 4.78 is 20.7. The minimum Gasteiger partial charge on any atom is -0.229 e. The quantitative estimate of drug-likeness (QED) is 0.858. The molecule has 1 aromatic rings. The molecule has 0 spiro atoms. The molecule has 0 aromatic heterocycles. The molecule has 0 bridgehead atoms. The van der Waals surface area contributed by atoms with Gasteiger partial charge in [-0.05, 0) is 17.7 Å². The Morgan fingerprint density at radius 1 is 1.17 bits per heavy atom. The van der Waals surface area contributed by atoms with E-state index >= 15 is 0 Å². The molecule has 0 aliphatic carbocycles. The number of benzene rings is 1. The molecular weight excluding hydrogens is 293 g/mol. The Hall–Kier alpha value is -0.760. The molecule has 100 valence electrons. The topological polar surface area (TPSA) is 57.9 Å². The first-order chi connectivity index (χ1) is 8.36. The first kappa shape index (κ1) is 17.2. The molecule has 0 atom stereocenters. The summed E-state index contributed by atoms with van der Waals surface area (Å²) in [5.74, 6) is 0.535. The lowest BCUT2D eigenvalue weighted by Gasteiger charge is -1.96. The smallest absolute Gasteiger partial charge is 0.149 e. The van der Waals surface area contributed by atoms with E-state index in [0.29, 0.717) is 16.5 Å². The van der Waals surface area contributed by atoms with E-state index in [-0.39, 0.29) is 11.5 Å². The van der Waals surface area contributed by atoms with Gasteiger partial charge in [-0.25, -0.2) is 8.42 Å². The molecule has 0 saturated heterocycles. The number of nitriles is 1. The lowest BCUT2D eigenvalue weighted by Crippen LogP contribution is -2.04. The second kappa shape index (κ2) is 8.36. The molecule has 0 heterocycles. The van der Waals surface area contributed by atoms with Gasteiger partial charge in [0.2, 0.25) is 0 Å². The Morgan fingerprint density at radius 2 is 1.72 bits per heavy atom. The van der Waals surface area contributed by atoms with Gasteiger partial charge in [-0.2, -0.15) is 5.26 Å². The van der Waals surface area contributed by atoms with Crippen molar-refractivity contribution < 1.29 is 8.42 Å². The summed E-state index contributed by atoms with van der Waals surface area (Å²) in [5.41, 5.74) is 0.891. The van der Waals surface area contributed by atoms with Gasteiger partial charge >= 0.3 is 0 Å². The highest BCUT2D eigenvalue weighted by Gasteiger charge is 1.99. The Morgan fingerprint density at radius 3 is 2.06 bits per heavy atom. The van der Waals surface area contributed by atoms with E-state index in [1.165, 1.54) is 0 Å². The van der Waals surface area contributed by atoms with Gasteiger partial charge in [-0.3, -0.25) is 0 Å². The fourth-order valence-corrected chi connectivity index (χ4v) is 1.67. The average Bonchev–Trinajstić information content (AvgIpc) is 2.35. The van der Waals surface area contributed by atoms with E-state index in [4.69, 9.17) is 28.5 Å². The van der Waals surface area contributed by atoms with Crippen molar-refractivity contribution >= 4 is 33.0 Å². The Bertz CT molecular complexity index is 511. The number of nitrogens with zero attached hydrogens (tertiary/aromatic N) is 1. The highest BCUT2D eigenvalue weighted by molar-refractivity contribution is 7.91. The summed E-state index contributed by atoms with van der Waals surface area (Å²) in [4.78, 5) is 0. The van der Waals surface area contributed by atoms with Crippen LogP contribution in [0.4, 0.5) is 0 Å². The molecule has 18 heavy (non-hydrogen) atoms. The standard InChI is InChI=1S/C8H5Cl2N.C4H10O2S/c9-7-2-1-6(3-4-11)5-8(7)10;1-3-7(5,6)4-2/h1-2,5H,3H2;3-4H2,1-2H3. The van der Waals surface area contributed by atoms with Crippen LogP contribution in [0, 0.1) is 11.3 Å². The second-order valence-corrected chi connectivity index (χ2v) is 6.86. The van der Waals surface area contributed by atoms with Crippen molar-refractivity contribution in [3.63, 3.8) is 0 Å². The summed E-state index contributed by atoms with van der Waals surface area (Å²) in [5, 5.41) is 9.37. The zero-order valence-electron chi connectivity index (χ0n) is 10.3. The molecule has 0 fully saturated rings. The lowest BCUT2D eigenvalue weighted by atomic mass is 10.2. The molecule has 0 N–H and O–H groups in total. The SMILES string of the molecule is CCS(=O)(=O)CC.N#CCc1ccc(Cl)c(Cl)c1. The molecule has 1 rings (SSSR count). The van der Waals surface area contributed by atoms with Crippen LogP contribution in [0.1, 0.15) is 19.4 Å². The molecule has 3 nitrogen and oxygen atoms in total. The van der Waals surface area contributed by atoms with Crippen LogP contribution < -0.4 is 0 Å². The van der Waals surface area contributed by atoms with Gasteiger partial charge < -0.3 is 0 Å². The fraction of sp³-hybridized carbons (Fsp3) is 0.417. The van der Waals surface area contributed by atoms with Gasteiger partial charge in [-0.1, -0.05) is 43.1 Å². The van der Waals surface area contributed by atoms with Crippen molar-refractivity contribution in [2.75, 3.05) is 11.5 Å². The summed E-state index contributed by atoms with van der Waals surface area (Å²) in [6.07, 6.45) is 0.372. The van der Waals surface area contributed by atoms with Crippen molar-refractivity contribution in [1.29, 1.82) is 5.26 Å². The predicted octanol–water partition coefficient (Wildman–Crippen LogP) is 3.50. The molecule has 0 radical (unpaired) electrons. The van der Waals surface area contributed by atoms with Crippen LogP contribution in [-0.4, -0.2) is 19.9 Å². The molecule has 0 unspecified atom stereocenters. The maximum Gasteiger partial charge on any atom is 0.149 e. The minimum absolute atomic E-state index is 0.267. The fourth-order valence-electron chi connectivity index (χ4n) is 0.945. The van der Waals surface area contributed by atoms with Crippen molar-refractivity contribution in [2.24, 2.45) is 0 Å². The van der Waals surface area contributed by atoms with E-state index in [2.05, 4.69) is 0 Å². The van der Waals surface area contributed by atoms with Gasteiger partial charge in [0.05, 0.1) is 22.5 Å². The first-order valence-corrected chi connectivity index (χ1v) is 7.95. The summed E-state index contributed by atoms with van der Waals surface area (Å²) in [7, 11) is -2.66. The lowest BCUT2D eigenvalue weighted by molar-refractivity contribution is 0.598. The van der Waals surface area contributed by atoms with E-state index in [0.717, 1.165) is 5.56 Å². The molecular formula is C12H15Cl2NO2S. The third kappa shape index (κ3) is 6.85. The van der Waals surface area contributed by atoms with Crippen LogP contribution in [0.5, 0.6) is 0 Å². The Labute approximate surface area is 118 Å². The van der Waals surface area contributed by atoms with Gasteiger partial charge in [-0.15, -0.1) is 0 Å². The monoisotopic (exact) mass is 307 g/mol. The molecule has 6 heteroatoms. The average molecular weight is 308 g/mol. The highest BCUT2D eigenvalue weighted by Crippen LogP contribution is 2.22. The van der Waals surface area contributed by atoms with Crippen LogP contribution in [-0.2, 0) is 16.3 Å². The zero-order chi connectivity index (χ0) is 14.2. The zero-order valence-corrected chi connectivity index (χ0v) is 12.6. The molecule has 0 amide bonds. The van der Waals surface area contributed by atoms with E-state index in [1.54, 1.807) is 32.0 Å².